The summed E-state index contributed by atoms with van der Waals surface area (Å²) in [5, 5.41) is 15.4. The quantitative estimate of drug-likeness (QED) is 0.168. The molecule has 1 aliphatic carbocycles. The number of carbonyl (C=O) groups excluding carboxylic acids is 2. The van der Waals surface area contributed by atoms with E-state index in [2.05, 4.69) is 15.6 Å². The second-order valence-electron chi connectivity index (χ2n) is 9.96. The van der Waals surface area contributed by atoms with E-state index in [4.69, 9.17) is 32.7 Å². The SMILES string of the molecule is O=C(Nc1ccccc1C(=O)O)c1ccc(Oc2ccc(OC3CCC(NC(=O)c4cc(Cl)cnc4Cl)CC3)cc2)cc1. The van der Waals surface area contributed by atoms with Gasteiger partial charge in [-0.2, -0.15) is 0 Å². The molecular weight excluding hydrogens is 593 g/mol. The molecule has 9 nitrogen and oxygen atoms in total. The van der Waals surface area contributed by atoms with Crippen molar-refractivity contribution in [1.82, 2.24) is 10.3 Å². The van der Waals surface area contributed by atoms with Gasteiger partial charge in [-0.1, -0.05) is 35.3 Å². The highest BCUT2D eigenvalue weighted by atomic mass is 35.5. The third kappa shape index (κ3) is 7.82. The Hall–Kier alpha value is -4.60. The number of carboxylic acids is 1. The van der Waals surface area contributed by atoms with Gasteiger partial charge in [0.25, 0.3) is 11.8 Å². The number of carbonyl (C=O) groups is 3. The van der Waals surface area contributed by atoms with Crippen LogP contribution < -0.4 is 20.1 Å². The number of anilines is 1. The number of halogens is 2. The molecule has 43 heavy (non-hydrogen) atoms. The topological polar surface area (TPSA) is 127 Å². The van der Waals surface area contributed by atoms with E-state index in [9.17, 15) is 19.5 Å². The lowest BCUT2D eigenvalue weighted by Crippen LogP contribution is -2.39. The van der Waals surface area contributed by atoms with Crippen molar-refractivity contribution in [1.29, 1.82) is 0 Å². The van der Waals surface area contributed by atoms with E-state index in [1.807, 2.05) is 12.1 Å². The van der Waals surface area contributed by atoms with Crippen molar-refractivity contribution in [2.45, 2.75) is 37.8 Å². The molecule has 1 heterocycles. The molecule has 0 unspecified atom stereocenters. The van der Waals surface area contributed by atoms with E-state index >= 15 is 0 Å². The molecule has 2 amide bonds. The summed E-state index contributed by atoms with van der Waals surface area (Å²) in [7, 11) is 0. The van der Waals surface area contributed by atoms with Crippen molar-refractivity contribution in [3.8, 4) is 17.2 Å². The van der Waals surface area contributed by atoms with Crippen LogP contribution in [0.3, 0.4) is 0 Å². The Kier molecular flexibility index (Phi) is 9.44. The minimum atomic E-state index is -1.12. The average molecular weight is 620 g/mol. The number of carboxylic acid groups (broad SMARTS) is 1. The molecule has 1 aliphatic rings. The number of aromatic nitrogens is 1. The zero-order valence-electron chi connectivity index (χ0n) is 22.8. The maximum atomic E-state index is 12.6. The Morgan fingerprint density at radius 3 is 2.09 bits per heavy atom. The number of pyridine rings is 1. The molecule has 1 aromatic heterocycles. The number of ether oxygens (including phenoxy) is 2. The van der Waals surface area contributed by atoms with E-state index in [1.165, 1.54) is 24.4 Å². The minimum Gasteiger partial charge on any atom is -0.490 e. The number of rotatable bonds is 9. The molecule has 0 saturated heterocycles. The normalized spacial score (nSPS) is 16.1. The predicted octanol–water partition coefficient (Wildman–Crippen LogP) is 7.25. The molecule has 0 spiro atoms. The van der Waals surface area contributed by atoms with Crippen LogP contribution in [-0.4, -0.2) is 40.0 Å². The number of para-hydroxylation sites is 1. The summed E-state index contributed by atoms with van der Waals surface area (Å²) in [5.41, 5.74) is 0.851. The smallest absolute Gasteiger partial charge is 0.337 e. The lowest BCUT2D eigenvalue weighted by atomic mass is 9.92. The van der Waals surface area contributed by atoms with E-state index < -0.39 is 11.9 Å². The Bertz CT molecular complexity index is 1620. The third-order valence-corrected chi connectivity index (χ3v) is 7.45. The van der Waals surface area contributed by atoms with Crippen LogP contribution in [0.5, 0.6) is 17.2 Å². The number of nitrogens with zero attached hydrogens (tertiary/aromatic N) is 1. The van der Waals surface area contributed by atoms with E-state index in [1.54, 1.807) is 48.5 Å². The van der Waals surface area contributed by atoms with Crippen LogP contribution >= 0.6 is 23.2 Å². The van der Waals surface area contributed by atoms with Gasteiger partial charge in [-0.3, -0.25) is 9.59 Å². The maximum absolute atomic E-state index is 12.6. The van der Waals surface area contributed by atoms with Crippen LogP contribution in [0.4, 0.5) is 5.69 Å². The Labute approximate surface area is 257 Å². The lowest BCUT2D eigenvalue weighted by molar-refractivity contribution is 0.0697. The van der Waals surface area contributed by atoms with Gasteiger partial charge >= 0.3 is 5.97 Å². The van der Waals surface area contributed by atoms with Gasteiger partial charge in [-0.25, -0.2) is 9.78 Å². The minimum absolute atomic E-state index is 0.0104. The number of benzene rings is 3. The van der Waals surface area contributed by atoms with E-state index in [-0.39, 0.29) is 40.0 Å². The summed E-state index contributed by atoms with van der Waals surface area (Å²) >= 11 is 12.0. The van der Waals surface area contributed by atoms with Crippen molar-refractivity contribution in [2.24, 2.45) is 0 Å². The summed E-state index contributed by atoms with van der Waals surface area (Å²) in [6, 6.07) is 21.5. The molecular formula is C32H27Cl2N3O6. The van der Waals surface area contributed by atoms with Gasteiger partial charge < -0.3 is 25.2 Å². The molecule has 3 N–H and O–H groups in total. The molecule has 11 heteroatoms. The Balaban J connectivity index is 1.09. The highest BCUT2D eigenvalue weighted by Crippen LogP contribution is 2.28. The number of hydrogen-bond acceptors (Lipinski definition) is 6. The first-order valence-electron chi connectivity index (χ1n) is 13.6. The fourth-order valence-corrected chi connectivity index (χ4v) is 5.08. The number of hydrogen-bond donors (Lipinski definition) is 3. The third-order valence-electron chi connectivity index (χ3n) is 6.94. The second kappa shape index (κ2) is 13.6. The van der Waals surface area contributed by atoms with Crippen molar-refractivity contribution < 1.29 is 29.0 Å². The van der Waals surface area contributed by atoms with E-state index in [0.29, 0.717) is 27.8 Å². The summed E-state index contributed by atoms with van der Waals surface area (Å²) in [6.07, 6.45) is 4.53. The van der Waals surface area contributed by atoms with Crippen molar-refractivity contribution in [2.75, 3.05) is 5.32 Å². The van der Waals surface area contributed by atoms with Crippen molar-refractivity contribution in [3.05, 3.63) is 112 Å². The molecule has 0 radical (unpaired) electrons. The highest BCUT2D eigenvalue weighted by molar-refractivity contribution is 6.34. The molecule has 0 bridgehead atoms. The molecule has 0 aliphatic heterocycles. The standard InChI is InChI=1S/C32H27Cl2N3O6/c33-20-17-27(29(34)35-18-20)31(39)36-21-7-11-23(12-8-21)43-25-15-13-24(14-16-25)42-22-9-5-19(6-10-22)30(38)37-28-4-2-1-3-26(28)32(40)41/h1-6,9-10,13-18,21,23H,7-8,11-12H2,(H,36,39)(H,37,38)(H,40,41). The second-order valence-corrected chi connectivity index (χ2v) is 10.8. The Morgan fingerprint density at radius 1 is 0.791 bits per heavy atom. The van der Waals surface area contributed by atoms with Gasteiger partial charge in [-0.05, 0) is 92.4 Å². The summed E-state index contributed by atoms with van der Waals surface area (Å²) in [4.78, 5) is 40.5. The Morgan fingerprint density at radius 2 is 1.42 bits per heavy atom. The van der Waals surface area contributed by atoms with Crippen molar-refractivity contribution in [3.63, 3.8) is 0 Å². The number of nitrogens with one attached hydrogen (secondary N) is 2. The molecule has 1 saturated carbocycles. The van der Waals surface area contributed by atoms with Gasteiger partial charge in [-0.15, -0.1) is 0 Å². The first-order chi connectivity index (χ1) is 20.7. The first kappa shape index (κ1) is 29.9. The van der Waals surface area contributed by atoms with Crippen LogP contribution in [0.1, 0.15) is 56.8 Å². The maximum Gasteiger partial charge on any atom is 0.337 e. The molecule has 1 fully saturated rings. The summed E-state index contributed by atoms with van der Waals surface area (Å²) in [5.74, 6) is 0.00103. The molecule has 0 atom stereocenters. The molecule has 4 aromatic rings. The van der Waals surface area contributed by atoms with Crippen LogP contribution in [0, 0.1) is 0 Å². The number of aromatic carboxylic acids is 1. The fraction of sp³-hybridized carbons (Fsp3) is 0.188. The monoisotopic (exact) mass is 619 g/mol. The van der Waals surface area contributed by atoms with Gasteiger partial charge in [0, 0.05) is 17.8 Å². The zero-order valence-corrected chi connectivity index (χ0v) is 24.3. The van der Waals surface area contributed by atoms with E-state index in [0.717, 1.165) is 25.7 Å². The molecule has 5 rings (SSSR count). The van der Waals surface area contributed by atoms with Gasteiger partial charge in [0.2, 0.25) is 0 Å². The lowest BCUT2D eigenvalue weighted by Gasteiger charge is -2.29. The number of amides is 2. The average Bonchev–Trinajstić information content (AvgIpc) is 3.01. The van der Waals surface area contributed by atoms with Crippen LogP contribution in [0.2, 0.25) is 10.2 Å². The zero-order chi connectivity index (χ0) is 30.3. The summed E-state index contributed by atoms with van der Waals surface area (Å²) < 4.78 is 12.1. The highest BCUT2D eigenvalue weighted by Gasteiger charge is 2.25. The summed E-state index contributed by atoms with van der Waals surface area (Å²) in [6.45, 7) is 0. The van der Waals surface area contributed by atoms with Crippen LogP contribution in [0.15, 0.2) is 85.1 Å². The van der Waals surface area contributed by atoms with Crippen molar-refractivity contribution >= 4 is 46.7 Å². The first-order valence-corrected chi connectivity index (χ1v) is 14.3. The van der Waals surface area contributed by atoms with Crippen LogP contribution in [-0.2, 0) is 0 Å². The van der Waals surface area contributed by atoms with Gasteiger partial charge in [0.1, 0.15) is 22.4 Å². The molecule has 3 aromatic carbocycles. The largest absolute Gasteiger partial charge is 0.490 e. The fourth-order valence-electron chi connectivity index (χ4n) is 4.73. The van der Waals surface area contributed by atoms with Gasteiger partial charge in [0.05, 0.1) is 27.9 Å². The van der Waals surface area contributed by atoms with Crippen LogP contribution in [0.25, 0.3) is 0 Å². The van der Waals surface area contributed by atoms with Gasteiger partial charge in [0.15, 0.2) is 0 Å². The molecule has 220 valence electrons. The predicted molar refractivity (Wildman–Crippen MR) is 163 cm³/mol.